The Hall–Kier alpha value is -2.00. The van der Waals surface area contributed by atoms with E-state index < -0.39 is 16.4 Å². The number of piperazine rings is 1. The SMILES string of the molecule is CC.O=S(=O)(c1ccccc1Cl)n1cc(C(F)F)c2c(CN3CCNCC3)cccc21. The third kappa shape index (κ3) is 4.77. The van der Waals surface area contributed by atoms with Gasteiger partial charge >= 0.3 is 0 Å². The molecule has 168 valence electrons. The molecule has 3 aromatic rings. The van der Waals surface area contributed by atoms with Crippen molar-refractivity contribution in [3.05, 3.63) is 64.8 Å². The highest BCUT2D eigenvalue weighted by Gasteiger charge is 2.27. The fourth-order valence-electron chi connectivity index (χ4n) is 3.73. The zero-order valence-corrected chi connectivity index (χ0v) is 19.1. The second kappa shape index (κ2) is 10.1. The van der Waals surface area contributed by atoms with Crippen LogP contribution in [0.4, 0.5) is 8.78 Å². The van der Waals surface area contributed by atoms with E-state index >= 15 is 0 Å². The molecule has 9 heteroatoms. The first-order chi connectivity index (χ1) is 14.9. The Kier molecular flexibility index (Phi) is 7.69. The first-order valence-electron chi connectivity index (χ1n) is 10.2. The van der Waals surface area contributed by atoms with E-state index in [1.165, 1.54) is 12.1 Å². The van der Waals surface area contributed by atoms with Crippen molar-refractivity contribution in [1.29, 1.82) is 0 Å². The normalized spacial score (nSPS) is 15.2. The quantitative estimate of drug-likeness (QED) is 0.577. The molecule has 0 atom stereocenters. The molecule has 1 saturated heterocycles. The Morgan fingerprint density at radius 2 is 1.74 bits per heavy atom. The van der Waals surface area contributed by atoms with Gasteiger partial charge in [0, 0.05) is 49.9 Å². The Balaban J connectivity index is 0.00000132. The number of halogens is 3. The van der Waals surface area contributed by atoms with Gasteiger partial charge in [0.15, 0.2) is 0 Å². The van der Waals surface area contributed by atoms with Crippen LogP contribution < -0.4 is 5.32 Å². The minimum Gasteiger partial charge on any atom is -0.314 e. The van der Waals surface area contributed by atoms with Gasteiger partial charge in [0.05, 0.1) is 10.5 Å². The lowest BCUT2D eigenvalue weighted by molar-refractivity contribution is 0.153. The van der Waals surface area contributed by atoms with Crippen LogP contribution in [-0.4, -0.2) is 43.5 Å². The standard InChI is InChI=1S/C20H20ClF2N3O2S.C2H6/c21-16-5-1-2-7-18(16)29(27,28)26-13-15(20(22)23)19-14(4-3-6-17(19)26)12-25-10-8-24-9-11-25;1-2/h1-7,13,20,24H,8-12H2;1-2H3. The van der Waals surface area contributed by atoms with Crippen molar-refractivity contribution in [2.45, 2.75) is 31.7 Å². The van der Waals surface area contributed by atoms with Gasteiger partial charge in [-0.1, -0.05) is 49.7 Å². The van der Waals surface area contributed by atoms with Gasteiger partial charge in [-0.3, -0.25) is 4.90 Å². The minimum atomic E-state index is -4.13. The summed E-state index contributed by atoms with van der Waals surface area (Å²) in [6.45, 7) is 7.76. The fourth-order valence-corrected chi connectivity index (χ4v) is 5.60. The highest BCUT2D eigenvalue weighted by molar-refractivity contribution is 7.90. The summed E-state index contributed by atoms with van der Waals surface area (Å²) < 4.78 is 55.1. The molecule has 2 heterocycles. The van der Waals surface area contributed by atoms with Gasteiger partial charge in [-0.2, -0.15) is 0 Å². The molecule has 0 aliphatic carbocycles. The largest absolute Gasteiger partial charge is 0.314 e. The lowest BCUT2D eigenvalue weighted by Crippen LogP contribution is -2.42. The molecule has 0 radical (unpaired) electrons. The Bertz CT molecular complexity index is 1140. The number of benzene rings is 2. The molecule has 1 N–H and O–H groups in total. The van der Waals surface area contributed by atoms with Crippen molar-refractivity contribution < 1.29 is 17.2 Å². The van der Waals surface area contributed by atoms with E-state index in [2.05, 4.69) is 10.2 Å². The molecule has 1 aliphatic rings. The zero-order chi connectivity index (χ0) is 22.6. The first kappa shape index (κ1) is 23.7. The van der Waals surface area contributed by atoms with E-state index in [9.17, 15) is 17.2 Å². The maximum absolute atomic E-state index is 13.9. The molecule has 2 aromatic carbocycles. The number of aromatic nitrogens is 1. The molecule has 5 nitrogen and oxygen atoms in total. The summed E-state index contributed by atoms with van der Waals surface area (Å²) in [5, 5.41) is 3.59. The highest BCUT2D eigenvalue weighted by Crippen LogP contribution is 2.35. The molecule has 0 bridgehead atoms. The van der Waals surface area contributed by atoms with Crippen molar-refractivity contribution >= 4 is 32.5 Å². The van der Waals surface area contributed by atoms with E-state index in [4.69, 9.17) is 11.6 Å². The number of hydrogen-bond donors (Lipinski definition) is 1. The third-order valence-corrected chi connectivity index (χ3v) is 7.30. The van der Waals surface area contributed by atoms with Crippen molar-refractivity contribution in [2.75, 3.05) is 26.2 Å². The summed E-state index contributed by atoms with van der Waals surface area (Å²) in [5.74, 6) is 0. The number of nitrogens with one attached hydrogen (secondary N) is 1. The van der Waals surface area contributed by atoms with Crippen molar-refractivity contribution in [3.63, 3.8) is 0 Å². The van der Waals surface area contributed by atoms with Crippen LogP contribution in [0.15, 0.2) is 53.6 Å². The third-order valence-electron chi connectivity index (χ3n) is 5.12. The van der Waals surface area contributed by atoms with Gasteiger partial charge < -0.3 is 5.32 Å². The predicted octanol–water partition coefficient (Wildman–Crippen LogP) is 4.90. The first-order valence-corrected chi connectivity index (χ1v) is 12.1. The predicted molar refractivity (Wildman–Crippen MR) is 120 cm³/mol. The number of alkyl halides is 2. The summed E-state index contributed by atoms with van der Waals surface area (Å²) >= 11 is 6.09. The second-order valence-corrected chi connectivity index (χ2v) is 9.14. The summed E-state index contributed by atoms with van der Waals surface area (Å²) in [4.78, 5) is 2.05. The second-order valence-electron chi connectivity index (χ2n) is 6.95. The molecule has 4 rings (SSSR count). The van der Waals surface area contributed by atoms with E-state index in [1.54, 1.807) is 30.3 Å². The van der Waals surface area contributed by atoms with Gasteiger partial charge in [-0.25, -0.2) is 21.2 Å². The van der Waals surface area contributed by atoms with Gasteiger partial charge in [0.2, 0.25) is 0 Å². The van der Waals surface area contributed by atoms with Crippen LogP contribution in [-0.2, 0) is 16.6 Å². The van der Waals surface area contributed by atoms with E-state index in [0.717, 1.165) is 36.3 Å². The van der Waals surface area contributed by atoms with Gasteiger partial charge in [0.1, 0.15) is 4.90 Å². The average molecular weight is 470 g/mol. The minimum absolute atomic E-state index is 0.0462. The summed E-state index contributed by atoms with van der Waals surface area (Å²) in [5.41, 5.74) is 0.627. The molecule has 31 heavy (non-hydrogen) atoms. The molecule has 1 fully saturated rings. The van der Waals surface area contributed by atoms with Crippen molar-refractivity contribution in [2.24, 2.45) is 0 Å². The smallest absolute Gasteiger partial charge is 0.269 e. The molecule has 1 aliphatic heterocycles. The number of rotatable bonds is 5. The fraction of sp³-hybridized carbons (Fsp3) is 0.364. The highest BCUT2D eigenvalue weighted by atomic mass is 35.5. The number of hydrogen-bond acceptors (Lipinski definition) is 4. The average Bonchev–Trinajstić information content (AvgIpc) is 3.18. The van der Waals surface area contributed by atoms with Crippen LogP contribution >= 0.6 is 11.6 Å². The molecule has 0 unspecified atom stereocenters. The zero-order valence-electron chi connectivity index (χ0n) is 17.5. The maximum Gasteiger partial charge on any atom is 0.269 e. The van der Waals surface area contributed by atoms with Crippen LogP contribution in [0, 0.1) is 0 Å². The Morgan fingerprint density at radius 3 is 2.39 bits per heavy atom. The lowest BCUT2D eigenvalue weighted by Gasteiger charge is -2.27. The summed E-state index contributed by atoms with van der Waals surface area (Å²) in [6.07, 6.45) is -1.78. The van der Waals surface area contributed by atoms with Crippen molar-refractivity contribution in [3.8, 4) is 0 Å². The van der Waals surface area contributed by atoms with Crippen molar-refractivity contribution in [1.82, 2.24) is 14.2 Å². The Morgan fingerprint density at radius 1 is 1.06 bits per heavy atom. The van der Waals surface area contributed by atoms with Crippen LogP contribution in [0.5, 0.6) is 0 Å². The number of nitrogens with zero attached hydrogens (tertiary/aromatic N) is 2. The van der Waals surface area contributed by atoms with E-state index in [1.807, 2.05) is 13.8 Å². The molecule has 0 saturated carbocycles. The summed E-state index contributed by atoms with van der Waals surface area (Å²) in [6, 6.07) is 11.0. The maximum atomic E-state index is 13.9. The number of fused-ring (bicyclic) bond motifs is 1. The molecule has 0 amide bonds. The van der Waals surface area contributed by atoms with Crippen LogP contribution in [0.25, 0.3) is 10.9 Å². The monoisotopic (exact) mass is 469 g/mol. The topological polar surface area (TPSA) is 54.3 Å². The van der Waals surface area contributed by atoms with Crippen LogP contribution in [0.3, 0.4) is 0 Å². The van der Waals surface area contributed by atoms with E-state index in [-0.39, 0.29) is 26.4 Å². The van der Waals surface area contributed by atoms with E-state index in [0.29, 0.717) is 12.1 Å². The van der Waals surface area contributed by atoms with Gasteiger partial charge in [-0.15, -0.1) is 0 Å². The van der Waals surface area contributed by atoms with Gasteiger partial charge in [0.25, 0.3) is 16.4 Å². The summed E-state index contributed by atoms with van der Waals surface area (Å²) in [7, 11) is -4.13. The van der Waals surface area contributed by atoms with Crippen LogP contribution in [0.2, 0.25) is 5.02 Å². The van der Waals surface area contributed by atoms with Gasteiger partial charge in [-0.05, 0) is 23.8 Å². The molecular weight excluding hydrogens is 444 g/mol. The van der Waals surface area contributed by atoms with Crippen LogP contribution in [0.1, 0.15) is 31.4 Å². The molecule has 0 spiro atoms. The molecule has 1 aromatic heterocycles. The lowest BCUT2D eigenvalue weighted by atomic mass is 10.1. The molecular formula is C22H26ClF2N3O2S. The Labute approximate surface area is 186 Å².